The Kier molecular flexibility index (Phi) is 11.4. The summed E-state index contributed by atoms with van der Waals surface area (Å²) >= 11 is 0. The van der Waals surface area contributed by atoms with Crippen molar-refractivity contribution in [1.82, 2.24) is 10.6 Å². The maximum absolute atomic E-state index is 13.4. The van der Waals surface area contributed by atoms with Gasteiger partial charge in [-0.25, -0.2) is 9.79 Å². The molecule has 250 valence electrons. The summed E-state index contributed by atoms with van der Waals surface area (Å²) in [7, 11) is 4.33. The van der Waals surface area contributed by atoms with E-state index in [1.807, 2.05) is 37.3 Å². The van der Waals surface area contributed by atoms with Gasteiger partial charge in [0.05, 0.1) is 27.0 Å². The van der Waals surface area contributed by atoms with E-state index in [0.717, 1.165) is 17.5 Å². The zero-order valence-electron chi connectivity index (χ0n) is 28.1. The molecule has 48 heavy (non-hydrogen) atoms. The Morgan fingerprint density at radius 1 is 0.708 bits per heavy atom. The largest absolute Gasteiger partial charge is 0.493 e. The summed E-state index contributed by atoms with van der Waals surface area (Å²) in [6.45, 7) is 6.98. The fourth-order valence-electron chi connectivity index (χ4n) is 4.62. The predicted octanol–water partition coefficient (Wildman–Crippen LogP) is 6.81. The summed E-state index contributed by atoms with van der Waals surface area (Å²) in [5, 5.41) is 8.07. The van der Waals surface area contributed by atoms with E-state index < -0.39 is 17.6 Å². The van der Waals surface area contributed by atoms with E-state index in [-0.39, 0.29) is 28.9 Å². The molecule has 0 bridgehead atoms. The van der Waals surface area contributed by atoms with Gasteiger partial charge in [-0.3, -0.25) is 20.2 Å². The lowest BCUT2D eigenvalue weighted by Crippen LogP contribution is -2.45. The molecule has 0 aliphatic heterocycles. The van der Waals surface area contributed by atoms with Crippen LogP contribution in [0.2, 0.25) is 0 Å². The van der Waals surface area contributed by atoms with Gasteiger partial charge in [-0.15, -0.1) is 0 Å². The summed E-state index contributed by atoms with van der Waals surface area (Å²) in [6.07, 6.45) is -0.0692. The summed E-state index contributed by atoms with van der Waals surface area (Å²) in [6, 6.07) is 25.6. The third kappa shape index (κ3) is 9.58. The number of amides is 3. The number of anilines is 1. The standard InChI is InChI=1S/C37H40N4O7/c1-23-13-18-28(22-29(23)39-33(42)26-16-14-25(15-17-26)19-24-11-9-8-10-12-24)38-35(41-36(44)48-37(2,3)4)40-34(43)27-20-30(45-5)32(47-7)31(21-27)46-6/h8-18,20-22H,19H2,1-7H3,(H,39,42)(H2,38,40,41,43,44). The minimum Gasteiger partial charge on any atom is -0.493 e. The van der Waals surface area contributed by atoms with Crippen LogP contribution >= 0.6 is 0 Å². The van der Waals surface area contributed by atoms with Gasteiger partial charge in [-0.05, 0) is 87.2 Å². The fourth-order valence-corrected chi connectivity index (χ4v) is 4.62. The minimum atomic E-state index is -0.831. The van der Waals surface area contributed by atoms with E-state index in [0.29, 0.717) is 22.7 Å². The molecule has 0 heterocycles. The van der Waals surface area contributed by atoms with Crippen molar-refractivity contribution in [1.29, 1.82) is 0 Å². The van der Waals surface area contributed by atoms with Gasteiger partial charge in [0.2, 0.25) is 11.7 Å². The molecule has 0 aliphatic carbocycles. The highest BCUT2D eigenvalue weighted by molar-refractivity contribution is 6.10. The Hall–Kier alpha value is -5.84. The summed E-state index contributed by atoms with van der Waals surface area (Å²) < 4.78 is 21.5. The normalized spacial score (nSPS) is 11.3. The molecule has 0 saturated carbocycles. The smallest absolute Gasteiger partial charge is 0.414 e. The third-order valence-corrected chi connectivity index (χ3v) is 6.96. The number of aryl methyl sites for hydroxylation is 1. The number of ether oxygens (including phenoxy) is 4. The van der Waals surface area contributed by atoms with Crippen LogP contribution in [0.1, 0.15) is 58.2 Å². The van der Waals surface area contributed by atoms with Gasteiger partial charge >= 0.3 is 6.09 Å². The van der Waals surface area contributed by atoms with Crippen molar-refractivity contribution in [2.24, 2.45) is 4.99 Å². The van der Waals surface area contributed by atoms with Crippen LogP contribution in [0.5, 0.6) is 17.2 Å². The highest BCUT2D eigenvalue weighted by atomic mass is 16.6. The van der Waals surface area contributed by atoms with Crippen LogP contribution in [-0.4, -0.2) is 50.8 Å². The van der Waals surface area contributed by atoms with E-state index in [1.165, 1.54) is 39.0 Å². The van der Waals surface area contributed by atoms with Crippen LogP contribution in [0.3, 0.4) is 0 Å². The second-order valence-corrected chi connectivity index (χ2v) is 11.8. The molecule has 3 amide bonds. The molecular formula is C37H40N4O7. The van der Waals surface area contributed by atoms with Crippen molar-refractivity contribution in [2.45, 2.75) is 39.7 Å². The molecule has 11 nitrogen and oxygen atoms in total. The van der Waals surface area contributed by atoms with Gasteiger partial charge in [-0.2, -0.15) is 0 Å². The molecule has 4 rings (SSSR count). The number of carbonyl (C=O) groups is 3. The van der Waals surface area contributed by atoms with E-state index in [2.05, 4.69) is 33.1 Å². The molecule has 0 spiro atoms. The van der Waals surface area contributed by atoms with Crippen molar-refractivity contribution >= 4 is 35.2 Å². The SMILES string of the molecule is COc1cc(C(=O)NC(=Nc2ccc(C)c(NC(=O)c3ccc(Cc4ccccc4)cc3)c2)NC(=O)OC(C)(C)C)cc(OC)c1OC. The maximum atomic E-state index is 13.4. The first-order valence-electron chi connectivity index (χ1n) is 15.1. The molecule has 0 atom stereocenters. The van der Waals surface area contributed by atoms with Crippen LogP contribution in [-0.2, 0) is 11.2 Å². The number of methoxy groups -OCH3 is 3. The Bertz CT molecular complexity index is 1770. The maximum Gasteiger partial charge on any atom is 0.414 e. The number of rotatable bonds is 9. The first-order valence-corrected chi connectivity index (χ1v) is 15.1. The lowest BCUT2D eigenvalue weighted by Gasteiger charge is -2.20. The number of nitrogens with one attached hydrogen (secondary N) is 3. The van der Waals surface area contributed by atoms with Crippen molar-refractivity contribution < 1.29 is 33.3 Å². The van der Waals surface area contributed by atoms with E-state index in [4.69, 9.17) is 18.9 Å². The zero-order valence-corrected chi connectivity index (χ0v) is 28.1. The van der Waals surface area contributed by atoms with Gasteiger partial charge in [0.15, 0.2) is 11.5 Å². The Labute approximate surface area is 280 Å². The number of alkyl carbamates (subject to hydrolysis) is 1. The van der Waals surface area contributed by atoms with Crippen molar-refractivity contribution in [3.05, 3.63) is 113 Å². The highest BCUT2D eigenvalue weighted by Gasteiger charge is 2.21. The number of hydrogen-bond acceptors (Lipinski definition) is 8. The van der Waals surface area contributed by atoms with Crippen LogP contribution in [0.4, 0.5) is 16.2 Å². The molecule has 0 radical (unpaired) electrons. The fraction of sp³-hybridized carbons (Fsp3) is 0.243. The van der Waals surface area contributed by atoms with Crippen LogP contribution in [0.15, 0.2) is 89.9 Å². The van der Waals surface area contributed by atoms with Gasteiger partial charge in [-0.1, -0.05) is 48.5 Å². The van der Waals surface area contributed by atoms with Crippen molar-refractivity contribution in [3.8, 4) is 17.2 Å². The molecule has 0 unspecified atom stereocenters. The summed E-state index contributed by atoms with van der Waals surface area (Å²) in [5.41, 5.74) is 3.72. The molecule has 0 aromatic heterocycles. The monoisotopic (exact) mass is 652 g/mol. The quantitative estimate of drug-likeness (QED) is 0.134. The second kappa shape index (κ2) is 15.6. The number of benzene rings is 4. The molecule has 0 saturated heterocycles. The Morgan fingerprint density at radius 2 is 1.33 bits per heavy atom. The van der Waals surface area contributed by atoms with E-state index in [9.17, 15) is 14.4 Å². The number of carbonyl (C=O) groups excluding carboxylic acids is 3. The van der Waals surface area contributed by atoms with Gasteiger partial charge in [0.25, 0.3) is 11.8 Å². The Morgan fingerprint density at radius 3 is 1.92 bits per heavy atom. The first kappa shape index (κ1) is 35.0. The predicted molar refractivity (Wildman–Crippen MR) is 185 cm³/mol. The van der Waals surface area contributed by atoms with Gasteiger partial charge in [0.1, 0.15) is 5.60 Å². The molecule has 4 aromatic rings. The number of guanidine groups is 1. The molecule has 0 fully saturated rings. The molecule has 11 heteroatoms. The number of nitrogens with zero attached hydrogens (tertiary/aromatic N) is 1. The molecule has 0 aliphatic rings. The second-order valence-electron chi connectivity index (χ2n) is 11.8. The first-order chi connectivity index (χ1) is 22.9. The lowest BCUT2D eigenvalue weighted by atomic mass is 10.0. The average Bonchev–Trinajstić information content (AvgIpc) is 3.05. The van der Waals surface area contributed by atoms with Gasteiger partial charge < -0.3 is 24.3 Å². The van der Waals surface area contributed by atoms with E-state index in [1.54, 1.807) is 51.1 Å². The number of aliphatic imine (C=N–C) groups is 1. The highest BCUT2D eigenvalue weighted by Crippen LogP contribution is 2.38. The minimum absolute atomic E-state index is 0.148. The lowest BCUT2D eigenvalue weighted by molar-refractivity contribution is 0.0561. The molecule has 3 N–H and O–H groups in total. The Balaban J connectivity index is 1.58. The van der Waals surface area contributed by atoms with E-state index >= 15 is 0 Å². The molecular weight excluding hydrogens is 612 g/mol. The van der Waals surface area contributed by atoms with Crippen LogP contribution in [0.25, 0.3) is 0 Å². The van der Waals surface area contributed by atoms with Crippen molar-refractivity contribution in [3.63, 3.8) is 0 Å². The summed E-state index contributed by atoms with van der Waals surface area (Å²) in [4.78, 5) is 43.8. The molecule has 4 aromatic carbocycles. The zero-order chi connectivity index (χ0) is 34.8. The van der Waals surface area contributed by atoms with Crippen LogP contribution < -0.4 is 30.2 Å². The summed E-state index contributed by atoms with van der Waals surface area (Å²) in [5.74, 6) is -0.280. The average molecular weight is 653 g/mol. The number of hydrogen-bond donors (Lipinski definition) is 3. The topological polar surface area (TPSA) is 137 Å². The van der Waals surface area contributed by atoms with Crippen molar-refractivity contribution in [2.75, 3.05) is 26.6 Å². The third-order valence-electron chi connectivity index (χ3n) is 6.96. The van der Waals surface area contributed by atoms with Crippen LogP contribution in [0, 0.1) is 6.92 Å². The van der Waals surface area contributed by atoms with Gasteiger partial charge in [0, 0.05) is 16.8 Å².